The first-order valence-corrected chi connectivity index (χ1v) is 13.2. The fourth-order valence-electron chi connectivity index (χ4n) is 3.58. The molecule has 0 spiro atoms. The standard InChI is InChI=1S/C28H19Cl2N3O2S2/c29-19-9-12-21(22(30)15-19)24-13-10-20(35-24)11-14-26(34)33-28(36)31-16-17-5-7-18(8-6-17)27-32-23-3-1-2-4-25(23)37-27/h1-15H,16H2,(H2,31,33,34,36). The van der Waals surface area contributed by atoms with Crippen molar-refractivity contribution in [1.82, 2.24) is 15.6 Å². The highest BCUT2D eigenvalue weighted by molar-refractivity contribution is 7.80. The molecule has 2 N–H and O–H groups in total. The highest BCUT2D eigenvalue weighted by Gasteiger charge is 2.09. The lowest BCUT2D eigenvalue weighted by molar-refractivity contribution is -0.115. The van der Waals surface area contributed by atoms with Crippen molar-refractivity contribution in [2.45, 2.75) is 6.54 Å². The van der Waals surface area contributed by atoms with E-state index < -0.39 is 0 Å². The van der Waals surface area contributed by atoms with Crippen LogP contribution in [-0.2, 0) is 11.3 Å². The van der Waals surface area contributed by atoms with Gasteiger partial charge >= 0.3 is 0 Å². The molecule has 0 saturated heterocycles. The largest absolute Gasteiger partial charge is 0.457 e. The summed E-state index contributed by atoms with van der Waals surface area (Å²) < 4.78 is 6.93. The predicted molar refractivity (Wildman–Crippen MR) is 156 cm³/mol. The first-order valence-electron chi connectivity index (χ1n) is 11.2. The average Bonchev–Trinajstić information content (AvgIpc) is 3.54. The van der Waals surface area contributed by atoms with Crippen LogP contribution in [0.5, 0.6) is 0 Å². The number of fused-ring (bicyclic) bond motifs is 1. The van der Waals surface area contributed by atoms with E-state index in [0.717, 1.165) is 26.4 Å². The summed E-state index contributed by atoms with van der Waals surface area (Å²) in [5.74, 6) is 0.711. The number of halogens is 2. The lowest BCUT2D eigenvalue weighted by Gasteiger charge is -2.08. The second-order valence-corrected chi connectivity index (χ2v) is 10.3. The molecule has 0 aliphatic heterocycles. The molecule has 0 unspecified atom stereocenters. The van der Waals surface area contributed by atoms with Gasteiger partial charge in [0.05, 0.1) is 15.2 Å². The maximum absolute atomic E-state index is 12.3. The van der Waals surface area contributed by atoms with Gasteiger partial charge in [0, 0.05) is 28.8 Å². The second-order valence-electron chi connectivity index (χ2n) is 8.02. The third-order valence-corrected chi connectivity index (χ3v) is 7.29. The van der Waals surface area contributed by atoms with Gasteiger partial charge in [-0.15, -0.1) is 11.3 Å². The molecule has 5 rings (SSSR count). The van der Waals surface area contributed by atoms with Gasteiger partial charge in [0.1, 0.15) is 16.5 Å². The Balaban J connectivity index is 1.12. The summed E-state index contributed by atoms with van der Waals surface area (Å²) in [5.41, 5.74) is 3.81. The minimum Gasteiger partial charge on any atom is -0.457 e. The van der Waals surface area contributed by atoms with E-state index >= 15 is 0 Å². The fraction of sp³-hybridized carbons (Fsp3) is 0.0357. The molecular weight excluding hydrogens is 545 g/mol. The van der Waals surface area contributed by atoms with Gasteiger partial charge in [0.25, 0.3) is 0 Å². The smallest absolute Gasteiger partial charge is 0.250 e. The molecule has 0 atom stereocenters. The first kappa shape index (κ1) is 25.2. The third-order valence-electron chi connectivity index (χ3n) is 5.41. The van der Waals surface area contributed by atoms with Crippen LogP contribution in [-0.4, -0.2) is 16.0 Å². The van der Waals surface area contributed by atoms with E-state index in [1.54, 1.807) is 47.7 Å². The van der Waals surface area contributed by atoms with Crippen LogP contribution in [0.3, 0.4) is 0 Å². The van der Waals surface area contributed by atoms with Crippen LogP contribution in [0.2, 0.25) is 10.0 Å². The molecule has 1 amide bonds. The maximum atomic E-state index is 12.3. The SMILES string of the molecule is O=C(C=Cc1ccc(-c2ccc(Cl)cc2Cl)o1)NC(=S)NCc1ccc(-c2nc3ccccc3s2)cc1. The van der Waals surface area contributed by atoms with Crippen molar-refractivity contribution in [2.24, 2.45) is 0 Å². The molecule has 184 valence electrons. The number of hydrogen-bond acceptors (Lipinski definition) is 5. The number of carbonyl (C=O) groups is 1. The summed E-state index contributed by atoms with van der Waals surface area (Å²) in [6.45, 7) is 0.479. The van der Waals surface area contributed by atoms with E-state index in [9.17, 15) is 4.79 Å². The number of carbonyl (C=O) groups excluding carboxylic acids is 1. The van der Waals surface area contributed by atoms with Crippen LogP contribution in [0.4, 0.5) is 0 Å². The highest BCUT2D eigenvalue weighted by Crippen LogP contribution is 2.32. The molecule has 0 bridgehead atoms. The van der Waals surface area contributed by atoms with Gasteiger partial charge in [-0.1, -0.05) is 59.6 Å². The molecule has 0 fully saturated rings. The number of benzene rings is 3. The topological polar surface area (TPSA) is 67.2 Å². The van der Waals surface area contributed by atoms with Gasteiger partial charge in [0.15, 0.2) is 5.11 Å². The number of rotatable bonds is 6. The van der Waals surface area contributed by atoms with Gasteiger partial charge in [0.2, 0.25) is 5.91 Å². The van der Waals surface area contributed by atoms with E-state index in [1.807, 2.05) is 42.5 Å². The summed E-state index contributed by atoms with van der Waals surface area (Å²) in [6.07, 6.45) is 2.92. The van der Waals surface area contributed by atoms with Gasteiger partial charge in [-0.2, -0.15) is 0 Å². The number of nitrogens with zero attached hydrogens (tertiary/aromatic N) is 1. The molecule has 5 aromatic rings. The van der Waals surface area contributed by atoms with Crippen LogP contribution in [0.15, 0.2) is 89.4 Å². The van der Waals surface area contributed by atoms with Crippen molar-refractivity contribution in [3.8, 4) is 21.9 Å². The van der Waals surface area contributed by atoms with E-state index in [1.165, 1.54) is 6.08 Å². The zero-order valence-corrected chi connectivity index (χ0v) is 22.3. The number of thiocarbonyl (C=S) groups is 1. The number of para-hydroxylation sites is 1. The summed E-state index contributed by atoms with van der Waals surface area (Å²) in [6, 6.07) is 24.9. The lowest BCUT2D eigenvalue weighted by Crippen LogP contribution is -2.37. The van der Waals surface area contributed by atoms with Crippen LogP contribution in [0.1, 0.15) is 11.3 Å². The zero-order valence-electron chi connectivity index (χ0n) is 19.2. The van der Waals surface area contributed by atoms with Gasteiger partial charge in [-0.3, -0.25) is 10.1 Å². The minimum absolute atomic E-state index is 0.234. The average molecular weight is 565 g/mol. The maximum Gasteiger partial charge on any atom is 0.250 e. The Morgan fingerprint density at radius 2 is 1.84 bits per heavy atom. The van der Waals surface area contributed by atoms with Gasteiger partial charge < -0.3 is 9.73 Å². The molecule has 5 nitrogen and oxygen atoms in total. The summed E-state index contributed by atoms with van der Waals surface area (Å²) in [4.78, 5) is 17.0. The molecule has 2 aromatic heterocycles. The Labute approximate surface area is 232 Å². The van der Waals surface area contributed by atoms with Crippen molar-refractivity contribution in [3.05, 3.63) is 106 Å². The van der Waals surface area contributed by atoms with E-state index in [-0.39, 0.29) is 11.0 Å². The van der Waals surface area contributed by atoms with Crippen molar-refractivity contribution < 1.29 is 9.21 Å². The van der Waals surface area contributed by atoms with Crippen molar-refractivity contribution in [2.75, 3.05) is 0 Å². The molecule has 9 heteroatoms. The van der Waals surface area contributed by atoms with Crippen LogP contribution < -0.4 is 10.6 Å². The molecule has 37 heavy (non-hydrogen) atoms. The molecule has 0 aliphatic carbocycles. The molecule has 0 aliphatic rings. The number of aromatic nitrogens is 1. The number of hydrogen-bond donors (Lipinski definition) is 2. The minimum atomic E-state index is -0.369. The zero-order chi connectivity index (χ0) is 25.8. The predicted octanol–water partition coefficient (Wildman–Crippen LogP) is 7.73. The molecule has 0 radical (unpaired) electrons. The van der Waals surface area contributed by atoms with E-state index in [0.29, 0.717) is 33.7 Å². The van der Waals surface area contributed by atoms with Crippen LogP contribution >= 0.6 is 46.8 Å². The van der Waals surface area contributed by atoms with Crippen molar-refractivity contribution >= 4 is 74.1 Å². The number of nitrogens with one attached hydrogen (secondary N) is 2. The third kappa shape index (κ3) is 6.26. The Kier molecular flexibility index (Phi) is 7.67. The van der Waals surface area contributed by atoms with Gasteiger partial charge in [-0.05, 0) is 66.3 Å². The number of thiazole rings is 1. The number of amides is 1. The van der Waals surface area contributed by atoms with Crippen LogP contribution in [0.25, 0.3) is 38.2 Å². The molecule has 3 aromatic carbocycles. The van der Waals surface area contributed by atoms with Crippen molar-refractivity contribution in [3.63, 3.8) is 0 Å². The lowest BCUT2D eigenvalue weighted by atomic mass is 10.1. The van der Waals surface area contributed by atoms with E-state index in [4.69, 9.17) is 44.8 Å². The molecular formula is C28H19Cl2N3O2S2. The van der Waals surface area contributed by atoms with Crippen molar-refractivity contribution in [1.29, 1.82) is 0 Å². The fourth-order valence-corrected chi connectivity index (χ4v) is 5.22. The van der Waals surface area contributed by atoms with E-state index in [2.05, 4.69) is 16.7 Å². The summed E-state index contributed by atoms with van der Waals surface area (Å²) >= 11 is 19.1. The first-order chi connectivity index (χ1) is 17.9. The normalized spacial score (nSPS) is 11.2. The molecule has 2 heterocycles. The Morgan fingerprint density at radius 3 is 2.62 bits per heavy atom. The number of furan rings is 1. The highest BCUT2D eigenvalue weighted by atomic mass is 35.5. The van der Waals surface area contributed by atoms with Gasteiger partial charge in [-0.25, -0.2) is 4.98 Å². The summed E-state index contributed by atoms with van der Waals surface area (Å²) in [7, 11) is 0. The summed E-state index contributed by atoms with van der Waals surface area (Å²) in [5, 5.41) is 7.93. The quantitative estimate of drug-likeness (QED) is 0.163. The Hall–Kier alpha value is -3.49. The monoisotopic (exact) mass is 563 g/mol. The second kappa shape index (κ2) is 11.3. The Morgan fingerprint density at radius 1 is 1.03 bits per heavy atom. The Bertz CT molecular complexity index is 1590. The molecule has 0 saturated carbocycles. The van der Waals surface area contributed by atoms with Crippen LogP contribution in [0, 0.1) is 0 Å².